The number of aliphatic hydroxyl groups excluding tert-OH is 2. The second kappa shape index (κ2) is 4.84. The summed E-state index contributed by atoms with van der Waals surface area (Å²) >= 11 is 0. The predicted molar refractivity (Wildman–Crippen MR) is 61.1 cm³/mol. The van der Waals surface area contributed by atoms with E-state index in [1.807, 2.05) is 6.07 Å². The van der Waals surface area contributed by atoms with Crippen LogP contribution in [-0.2, 0) is 0 Å². The zero-order valence-corrected chi connectivity index (χ0v) is 8.85. The van der Waals surface area contributed by atoms with Crippen molar-refractivity contribution in [3.63, 3.8) is 0 Å². The normalized spacial score (nSPS) is 14.2. The van der Waals surface area contributed by atoms with Crippen LogP contribution in [0.4, 0.5) is 0 Å². The van der Waals surface area contributed by atoms with E-state index in [0.29, 0.717) is 5.56 Å². The summed E-state index contributed by atoms with van der Waals surface area (Å²) in [4.78, 5) is 9.60. The summed E-state index contributed by atoms with van der Waals surface area (Å²) in [5.74, 6) is 0. The highest BCUT2D eigenvalue weighted by molar-refractivity contribution is 5.75. The Morgan fingerprint density at radius 2 is 2.35 bits per heavy atom. The van der Waals surface area contributed by atoms with E-state index in [1.165, 1.54) is 6.20 Å². The van der Waals surface area contributed by atoms with E-state index in [4.69, 9.17) is 5.53 Å². The van der Waals surface area contributed by atoms with E-state index in [-0.39, 0.29) is 6.54 Å². The number of pyridine rings is 1. The van der Waals surface area contributed by atoms with Gasteiger partial charge < -0.3 is 15.2 Å². The van der Waals surface area contributed by atoms with Crippen molar-refractivity contribution in [1.29, 1.82) is 0 Å². The lowest BCUT2D eigenvalue weighted by Crippen LogP contribution is -2.21. The third kappa shape index (κ3) is 2.36. The molecule has 2 rings (SSSR count). The molecule has 2 unspecified atom stereocenters. The van der Waals surface area contributed by atoms with Gasteiger partial charge in [0.25, 0.3) is 0 Å². The standard InChI is InChI=1S/C10H11N5O2/c11-15-14-5-9(16)10(17)6-3-8-7(13-4-6)1-2-12-8/h1-4,9-10,12,16-17H,5H2. The number of hydrogen-bond acceptors (Lipinski definition) is 4. The van der Waals surface area contributed by atoms with Crippen molar-refractivity contribution < 1.29 is 10.2 Å². The van der Waals surface area contributed by atoms with Crippen molar-refractivity contribution in [1.82, 2.24) is 9.97 Å². The quantitative estimate of drug-likeness (QED) is 0.419. The van der Waals surface area contributed by atoms with E-state index in [1.54, 1.807) is 12.3 Å². The molecule has 0 bridgehead atoms. The van der Waals surface area contributed by atoms with Crippen molar-refractivity contribution in [2.75, 3.05) is 6.54 Å². The second-order valence-corrected chi connectivity index (χ2v) is 3.60. The fourth-order valence-corrected chi connectivity index (χ4v) is 1.55. The van der Waals surface area contributed by atoms with Crippen LogP contribution >= 0.6 is 0 Å². The Hall–Kier alpha value is -2.08. The lowest BCUT2D eigenvalue weighted by Gasteiger charge is -2.15. The van der Waals surface area contributed by atoms with Crippen LogP contribution in [0.15, 0.2) is 29.6 Å². The predicted octanol–water partition coefficient (Wildman–Crippen LogP) is 1.27. The van der Waals surface area contributed by atoms with Gasteiger partial charge in [-0.15, -0.1) is 0 Å². The number of azide groups is 1. The Morgan fingerprint density at radius 3 is 3.12 bits per heavy atom. The lowest BCUT2D eigenvalue weighted by atomic mass is 10.1. The molecule has 7 heteroatoms. The van der Waals surface area contributed by atoms with Gasteiger partial charge in [0.15, 0.2) is 0 Å². The van der Waals surface area contributed by atoms with E-state index in [0.717, 1.165) is 11.0 Å². The zero-order chi connectivity index (χ0) is 12.3. The summed E-state index contributed by atoms with van der Waals surface area (Å²) in [5.41, 5.74) is 10.2. The molecular weight excluding hydrogens is 222 g/mol. The maximum absolute atomic E-state index is 9.83. The molecule has 0 fully saturated rings. The summed E-state index contributed by atoms with van der Waals surface area (Å²) in [6, 6.07) is 3.51. The van der Waals surface area contributed by atoms with Crippen LogP contribution in [0, 0.1) is 0 Å². The third-order valence-corrected chi connectivity index (χ3v) is 2.46. The molecule has 0 saturated carbocycles. The number of aromatic amines is 1. The van der Waals surface area contributed by atoms with Gasteiger partial charge in [-0.25, -0.2) is 0 Å². The van der Waals surface area contributed by atoms with Crippen molar-refractivity contribution >= 4 is 11.0 Å². The van der Waals surface area contributed by atoms with Gasteiger partial charge in [-0.05, 0) is 17.7 Å². The van der Waals surface area contributed by atoms with Gasteiger partial charge in [-0.3, -0.25) is 4.98 Å². The van der Waals surface area contributed by atoms with Crippen LogP contribution < -0.4 is 0 Å². The van der Waals surface area contributed by atoms with Gasteiger partial charge in [-0.1, -0.05) is 5.11 Å². The largest absolute Gasteiger partial charge is 0.390 e. The first kappa shape index (κ1) is 11.4. The van der Waals surface area contributed by atoms with Gasteiger partial charge in [0, 0.05) is 22.9 Å². The monoisotopic (exact) mass is 233 g/mol. The Morgan fingerprint density at radius 1 is 1.53 bits per heavy atom. The molecule has 2 aromatic heterocycles. The third-order valence-electron chi connectivity index (χ3n) is 2.46. The summed E-state index contributed by atoms with van der Waals surface area (Å²) in [6.07, 6.45) is 0.963. The summed E-state index contributed by atoms with van der Waals surface area (Å²) in [5, 5.41) is 22.6. The van der Waals surface area contributed by atoms with Gasteiger partial charge in [0.05, 0.1) is 23.7 Å². The molecule has 7 nitrogen and oxygen atoms in total. The fourth-order valence-electron chi connectivity index (χ4n) is 1.55. The first-order valence-corrected chi connectivity index (χ1v) is 5.02. The number of aromatic nitrogens is 2. The van der Waals surface area contributed by atoms with Crippen LogP contribution in [0.1, 0.15) is 11.7 Å². The molecule has 0 saturated heterocycles. The summed E-state index contributed by atoms with van der Waals surface area (Å²) in [7, 11) is 0. The molecule has 0 aromatic carbocycles. The van der Waals surface area contributed by atoms with Gasteiger partial charge in [0.2, 0.25) is 0 Å². The maximum atomic E-state index is 9.83. The molecular formula is C10H11N5O2. The van der Waals surface area contributed by atoms with Crippen LogP contribution in [0.2, 0.25) is 0 Å². The Balaban J connectivity index is 2.22. The number of nitrogens with one attached hydrogen (secondary N) is 1. The molecule has 88 valence electrons. The van der Waals surface area contributed by atoms with Crippen LogP contribution in [0.25, 0.3) is 21.5 Å². The molecule has 0 amide bonds. The molecule has 2 aromatic rings. The Bertz CT molecular complexity index is 561. The van der Waals surface area contributed by atoms with Gasteiger partial charge >= 0.3 is 0 Å². The molecule has 0 spiro atoms. The average Bonchev–Trinajstić information content (AvgIpc) is 2.81. The van der Waals surface area contributed by atoms with E-state index >= 15 is 0 Å². The van der Waals surface area contributed by atoms with Crippen LogP contribution in [-0.4, -0.2) is 32.8 Å². The molecule has 0 aliphatic carbocycles. The van der Waals surface area contributed by atoms with Crippen molar-refractivity contribution in [3.05, 3.63) is 40.5 Å². The van der Waals surface area contributed by atoms with E-state index < -0.39 is 12.2 Å². The minimum absolute atomic E-state index is 0.180. The smallest absolute Gasteiger partial charge is 0.107 e. The molecule has 0 aliphatic rings. The highest BCUT2D eigenvalue weighted by Crippen LogP contribution is 2.20. The first-order chi connectivity index (χ1) is 8.22. The van der Waals surface area contributed by atoms with Crippen molar-refractivity contribution in [3.8, 4) is 0 Å². The van der Waals surface area contributed by atoms with Crippen molar-refractivity contribution in [2.45, 2.75) is 12.2 Å². The van der Waals surface area contributed by atoms with Crippen LogP contribution in [0.5, 0.6) is 0 Å². The average molecular weight is 233 g/mol. The first-order valence-electron chi connectivity index (χ1n) is 5.02. The van der Waals surface area contributed by atoms with Crippen LogP contribution in [0.3, 0.4) is 0 Å². The molecule has 3 N–H and O–H groups in total. The fraction of sp³-hybridized carbons (Fsp3) is 0.300. The minimum Gasteiger partial charge on any atom is -0.390 e. The molecule has 2 atom stereocenters. The zero-order valence-electron chi connectivity index (χ0n) is 8.85. The Kier molecular flexibility index (Phi) is 3.24. The van der Waals surface area contributed by atoms with E-state index in [9.17, 15) is 10.2 Å². The highest BCUT2D eigenvalue weighted by Gasteiger charge is 2.18. The number of nitrogens with zero attached hydrogens (tertiary/aromatic N) is 4. The lowest BCUT2D eigenvalue weighted by molar-refractivity contribution is 0.0243. The summed E-state index contributed by atoms with van der Waals surface area (Å²) in [6.45, 7) is -0.180. The van der Waals surface area contributed by atoms with Gasteiger partial charge in [0.1, 0.15) is 6.10 Å². The topological polar surface area (TPSA) is 118 Å². The van der Waals surface area contributed by atoms with Crippen molar-refractivity contribution in [2.24, 2.45) is 5.11 Å². The second-order valence-electron chi connectivity index (χ2n) is 3.60. The number of rotatable bonds is 4. The number of fused-ring (bicyclic) bond motifs is 1. The van der Waals surface area contributed by atoms with E-state index in [2.05, 4.69) is 20.0 Å². The highest BCUT2D eigenvalue weighted by atomic mass is 16.3. The maximum Gasteiger partial charge on any atom is 0.107 e. The summed E-state index contributed by atoms with van der Waals surface area (Å²) < 4.78 is 0. The molecule has 2 heterocycles. The molecule has 0 radical (unpaired) electrons. The van der Waals surface area contributed by atoms with Gasteiger partial charge in [-0.2, -0.15) is 0 Å². The number of hydrogen-bond donors (Lipinski definition) is 3. The Labute approximate surface area is 96.4 Å². The number of aliphatic hydroxyl groups is 2. The minimum atomic E-state index is -1.14. The SMILES string of the molecule is [N-]=[N+]=NCC(O)C(O)c1cnc2cc[nH]c2c1. The number of H-pyrrole nitrogens is 1. The molecule has 17 heavy (non-hydrogen) atoms. The molecule has 0 aliphatic heterocycles.